The first-order chi connectivity index (χ1) is 10.1. The highest BCUT2D eigenvalue weighted by Crippen LogP contribution is 2.30. The number of nitrogens with zero attached hydrogens (tertiary/aromatic N) is 3. The maximum atomic E-state index is 12.4. The van der Waals surface area contributed by atoms with Crippen LogP contribution in [0.1, 0.15) is 48.9 Å². The standard InChI is InChI=1S/C14H19N5OS/c1-8(2)6-9-7-15-14(21-9)16-13(20)10-4-3-5-11-12(10)18-19-17-11/h7-8,10H,3-6H2,1-2H3,(H,15,16,20)(H,17,18,19). The number of aryl methyl sites for hydroxylation is 1. The largest absolute Gasteiger partial charge is 0.301 e. The van der Waals surface area contributed by atoms with Gasteiger partial charge in [-0.15, -0.1) is 11.3 Å². The second-order valence-corrected chi connectivity index (χ2v) is 6.93. The smallest absolute Gasteiger partial charge is 0.235 e. The van der Waals surface area contributed by atoms with Gasteiger partial charge in [0.15, 0.2) is 5.13 Å². The second-order valence-electron chi connectivity index (χ2n) is 5.82. The van der Waals surface area contributed by atoms with E-state index in [-0.39, 0.29) is 11.8 Å². The van der Waals surface area contributed by atoms with E-state index in [0.29, 0.717) is 11.0 Å². The van der Waals surface area contributed by atoms with Crippen LogP contribution in [0.4, 0.5) is 5.13 Å². The number of hydrogen-bond acceptors (Lipinski definition) is 5. The van der Waals surface area contributed by atoms with E-state index in [2.05, 4.69) is 39.6 Å². The minimum absolute atomic E-state index is 0.0321. The van der Waals surface area contributed by atoms with Crippen LogP contribution in [0.25, 0.3) is 0 Å². The maximum absolute atomic E-state index is 12.4. The average Bonchev–Trinajstić information content (AvgIpc) is 3.06. The lowest BCUT2D eigenvalue weighted by molar-refractivity contribution is -0.118. The maximum Gasteiger partial charge on any atom is 0.235 e. The molecule has 0 radical (unpaired) electrons. The number of nitrogens with one attached hydrogen (secondary N) is 2. The molecule has 6 nitrogen and oxygen atoms in total. The van der Waals surface area contributed by atoms with Crippen LogP contribution in [0.3, 0.4) is 0 Å². The molecule has 2 aromatic rings. The molecule has 21 heavy (non-hydrogen) atoms. The zero-order valence-corrected chi connectivity index (χ0v) is 13.0. The molecule has 0 saturated heterocycles. The lowest BCUT2D eigenvalue weighted by atomic mass is 9.89. The third-order valence-electron chi connectivity index (χ3n) is 3.60. The number of H-pyrrole nitrogens is 1. The van der Waals surface area contributed by atoms with Crippen molar-refractivity contribution in [3.63, 3.8) is 0 Å². The van der Waals surface area contributed by atoms with Crippen LogP contribution in [-0.2, 0) is 17.6 Å². The summed E-state index contributed by atoms with van der Waals surface area (Å²) in [6, 6.07) is 0. The van der Waals surface area contributed by atoms with Crippen LogP contribution < -0.4 is 5.32 Å². The molecule has 2 aromatic heterocycles. The molecule has 112 valence electrons. The van der Waals surface area contributed by atoms with Gasteiger partial charge in [0.05, 0.1) is 17.3 Å². The lowest BCUT2D eigenvalue weighted by Gasteiger charge is -2.18. The normalized spacial score (nSPS) is 17.8. The van der Waals surface area contributed by atoms with Crippen molar-refractivity contribution in [2.45, 2.75) is 45.4 Å². The summed E-state index contributed by atoms with van der Waals surface area (Å²) >= 11 is 1.55. The number of hydrogen-bond donors (Lipinski definition) is 2. The first-order valence-corrected chi connectivity index (χ1v) is 8.10. The Labute approximate surface area is 127 Å². The predicted molar refractivity (Wildman–Crippen MR) is 81.3 cm³/mol. The molecule has 0 aromatic carbocycles. The van der Waals surface area contributed by atoms with E-state index in [4.69, 9.17) is 0 Å². The highest BCUT2D eigenvalue weighted by Gasteiger charge is 2.30. The van der Waals surface area contributed by atoms with Crippen molar-refractivity contribution in [1.82, 2.24) is 20.4 Å². The second kappa shape index (κ2) is 5.93. The Kier molecular flexibility index (Phi) is 4.01. The quantitative estimate of drug-likeness (QED) is 0.909. The van der Waals surface area contributed by atoms with Gasteiger partial charge in [-0.3, -0.25) is 4.79 Å². The van der Waals surface area contributed by atoms with Crippen LogP contribution in [0.5, 0.6) is 0 Å². The van der Waals surface area contributed by atoms with E-state index < -0.39 is 0 Å². The van der Waals surface area contributed by atoms with Crippen molar-refractivity contribution in [2.75, 3.05) is 5.32 Å². The fourth-order valence-electron chi connectivity index (χ4n) is 2.64. The minimum Gasteiger partial charge on any atom is -0.301 e. The first kappa shape index (κ1) is 14.2. The van der Waals surface area contributed by atoms with E-state index in [1.165, 1.54) is 4.88 Å². The van der Waals surface area contributed by atoms with Gasteiger partial charge in [-0.2, -0.15) is 15.4 Å². The highest BCUT2D eigenvalue weighted by atomic mass is 32.1. The third-order valence-corrected chi connectivity index (χ3v) is 4.53. The molecule has 0 saturated carbocycles. The van der Waals surface area contributed by atoms with Gasteiger partial charge in [-0.25, -0.2) is 4.98 Å². The SMILES string of the molecule is CC(C)Cc1cnc(NC(=O)C2CCCc3n[nH]nc32)s1. The van der Waals surface area contributed by atoms with Crippen molar-refractivity contribution in [2.24, 2.45) is 5.92 Å². The van der Waals surface area contributed by atoms with Crippen LogP contribution in [0.2, 0.25) is 0 Å². The van der Waals surface area contributed by atoms with Crippen LogP contribution in [0.15, 0.2) is 6.20 Å². The molecular weight excluding hydrogens is 286 g/mol. The van der Waals surface area contributed by atoms with Crippen molar-refractivity contribution in [1.29, 1.82) is 0 Å². The van der Waals surface area contributed by atoms with Gasteiger partial charge in [0.2, 0.25) is 5.91 Å². The topological polar surface area (TPSA) is 83.6 Å². The molecule has 1 unspecified atom stereocenters. The van der Waals surface area contributed by atoms with Crippen molar-refractivity contribution in [3.05, 3.63) is 22.5 Å². The summed E-state index contributed by atoms with van der Waals surface area (Å²) in [5, 5.41) is 14.5. The number of aromatic nitrogens is 4. The molecule has 7 heteroatoms. The Morgan fingerprint density at radius 3 is 3.19 bits per heavy atom. The molecule has 2 heterocycles. The van der Waals surface area contributed by atoms with Crippen molar-refractivity contribution >= 4 is 22.4 Å². The van der Waals surface area contributed by atoms with Gasteiger partial charge < -0.3 is 5.32 Å². The lowest BCUT2D eigenvalue weighted by Crippen LogP contribution is -2.24. The van der Waals surface area contributed by atoms with Gasteiger partial charge in [0.1, 0.15) is 0 Å². The molecule has 1 aliphatic carbocycles. The zero-order chi connectivity index (χ0) is 14.8. The number of aromatic amines is 1. The number of rotatable bonds is 4. The van der Waals surface area contributed by atoms with Gasteiger partial charge in [-0.05, 0) is 31.6 Å². The summed E-state index contributed by atoms with van der Waals surface area (Å²) in [4.78, 5) is 17.9. The Hall–Kier alpha value is -1.76. The Morgan fingerprint density at radius 1 is 1.52 bits per heavy atom. The monoisotopic (exact) mass is 305 g/mol. The molecule has 0 spiro atoms. The predicted octanol–water partition coefficient (Wildman–Crippen LogP) is 2.52. The van der Waals surface area contributed by atoms with Crippen LogP contribution >= 0.6 is 11.3 Å². The number of carbonyl (C=O) groups is 1. The molecule has 1 amide bonds. The third kappa shape index (κ3) is 3.12. The summed E-state index contributed by atoms with van der Waals surface area (Å²) in [6.07, 6.45) is 5.52. The number of thiazole rings is 1. The van der Waals surface area contributed by atoms with E-state index in [0.717, 1.165) is 37.1 Å². The summed E-state index contributed by atoms with van der Waals surface area (Å²) in [6.45, 7) is 4.35. The van der Waals surface area contributed by atoms with Crippen LogP contribution in [0, 0.1) is 5.92 Å². The minimum atomic E-state index is -0.218. The molecule has 0 aliphatic heterocycles. The summed E-state index contributed by atoms with van der Waals surface area (Å²) in [7, 11) is 0. The van der Waals surface area contributed by atoms with Gasteiger partial charge >= 0.3 is 0 Å². The molecular formula is C14H19N5OS. The fourth-order valence-corrected chi connectivity index (χ4v) is 3.67. The molecule has 1 atom stereocenters. The Bertz CT molecular complexity index is 633. The Balaban J connectivity index is 1.69. The van der Waals surface area contributed by atoms with E-state index in [1.54, 1.807) is 11.3 Å². The summed E-state index contributed by atoms with van der Waals surface area (Å²) in [5.74, 6) is 0.338. The van der Waals surface area contributed by atoms with E-state index >= 15 is 0 Å². The van der Waals surface area contributed by atoms with Gasteiger partial charge in [-0.1, -0.05) is 13.8 Å². The van der Waals surface area contributed by atoms with Crippen LogP contribution in [-0.4, -0.2) is 26.3 Å². The van der Waals surface area contributed by atoms with E-state index in [9.17, 15) is 4.79 Å². The number of fused-ring (bicyclic) bond motifs is 1. The van der Waals surface area contributed by atoms with Gasteiger partial charge in [0, 0.05) is 11.1 Å². The van der Waals surface area contributed by atoms with Crippen molar-refractivity contribution < 1.29 is 4.79 Å². The summed E-state index contributed by atoms with van der Waals surface area (Å²) in [5.41, 5.74) is 1.71. The summed E-state index contributed by atoms with van der Waals surface area (Å²) < 4.78 is 0. The number of anilines is 1. The van der Waals surface area contributed by atoms with Crippen molar-refractivity contribution in [3.8, 4) is 0 Å². The number of amides is 1. The molecule has 2 N–H and O–H groups in total. The Morgan fingerprint density at radius 2 is 2.38 bits per heavy atom. The zero-order valence-electron chi connectivity index (χ0n) is 12.2. The molecule has 3 rings (SSSR count). The highest BCUT2D eigenvalue weighted by molar-refractivity contribution is 7.15. The average molecular weight is 305 g/mol. The first-order valence-electron chi connectivity index (χ1n) is 7.28. The van der Waals surface area contributed by atoms with E-state index in [1.807, 2.05) is 6.20 Å². The molecule has 0 bridgehead atoms. The van der Waals surface area contributed by atoms with Gasteiger partial charge in [0.25, 0.3) is 0 Å². The number of carbonyl (C=O) groups excluding carboxylic acids is 1. The fraction of sp³-hybridized carbons (Fsp3) is 0.571. The molecule has 0 fully saturated rings. The molecule has 1 aliphatic rings.